The number of aromatic nitrogens is 2. The van der Waals surface area contributed by atoms with Crippen molar-refractivity contribution in [3.8, 4) is 0 Å². The van der Waals surface area contributed by atoms with E-state index in [0.29, 0.717) is 24.7 Å². The number of aryl methyl sites for hydroxylation is 1. The number of benzene rings is 2. The molecule has 1 unspecified atom stereocenters. The van der Waals surface area contributed by atoms with Gasteiger partial charge in [0, 0.05) is 32.0 Å². The molecule has 0 fully saturated rings. The summed E-state index contributed by atoms with van der Waals surface area (Å²) >= 11 is 0. The number of carbonyl (C=O) groups is 1. The minimum atomic E-state index is -0.436. The first-order valence-corrected chi connectivity index (χ1v) is 8.88. The van der Waals surface area contributed by atoms with E-state index in [0.717, 1.165) is 11.1 Å². The summed E-state index contributed by atoms with van der Waals surface area (Å²) in [4.78, 5) is 22.7. The SMILES string of the molecule is Cc1nnc(C(CC(=O)NCCc2ccc([N+](=O)[O-])cc2)c2ccccc2)o1. The first-order valence-electron chi connectivity index (χ1n) is 8.88. The molecule has 1 heterocycles. The average molecular weight is 380 g/mol. The number of hydrogen-bond acceptors (Lipinski definition) is 6. The second kappa shape index (κ2) is 8.90. The summed E-state index contributed by atoms with van der Waals surface area (Å²) in [7, 11) is 0. The molecule has 0 aliphatic heterocycles. The van der Waals surface area contributed by atoms with Crippen molar-refractivity contribution in [1.82, 2.24) is 15.5 Å². The summed E-state index contributed by atoms with van der Waals surface area (Å²) < 4.78 is 5.55. The molecule has 0 bridgehead atoms. The van der Waals surface area contributed by atoms with Gasteiger partial charge in [-0.15, -0.1) is 10.2 Å². The molecule has 3 aromatic rings. The lowest BCUT2D eigenvalue weighted by molar-refractivity contribution is -0.384. The Bertz CT molecular complexity index is 938. The van der Waals surface area contributed by atoms with Crippen LogP contribution in [-0.2, 0) is 11.2 Å². The average Bonchev–Trinajstić information content (AvgIpc) is 3.13. The van der Waals surface area contributed by atoms with Crippen LogP contribution in [0.2, 0.25) is 0 Å². The van der Waals surface area contributed by atoms with E-state index < -0.39 is 4.92 Å². The molecule has 8 heteroatoms. The normalized spacial score (nSPS) is 11.8. The second-order valence-corrected chi connectivity index (χ2v) is 6.35. The Balaban J connectivity index is 1.59. The van der Waals surface area contributed by atoms with E-state index in [1.807, 2.05) is 30.3 Å². The van der Waals surface area contributed by atoms with Gasteiger partial charge >= 0.3 is 0 Å². The third-order valence-electron chi connectivity index (χ3n) is 4.31. The van der Waals surface area contributed by atoms with Crippen LogP contribution < -0.4 is 5.32 Å². The lowest BCUT2D eigenvalue weighted by atomic mass is 9.95. The molecule has 1 aromatic heterocycles. The summed E-state index contributed by atoms with van der Waals surface area (Å²) in [5.41, 5.74) is 1.89. The Morgan fingerprint density at radius 1 is 1.14 bits per heavy atom. The molecule has 0 aliphatic rings. The van der Waals surface area contributed by atoms with Crippen molar-refractivity contribution in [2.45, 2.75) is 25.7 Å². The van der Waals surface area contributed by atoms with Gasteiger partial charge < -0.3 is 9.73 Å². The number of hydrogen-bond donors (Lipinski definition) is 1. The summed E-state index contributed by atoms with van der Waals surface area (Å²) in [6, 6.07) is 15.9. The summed E-state index contributed by atoms with van der Waals surface area (Å²) in [5.74, 6) is 0.414. The fraction of sp³-hybridized carbons (Fsp3) is 0.250. The van der Waals surface area contributed by atoms with Crippen LogP contribution in [0.5, 0.6) is 0 Å². The van der Waals surface area contributed by atoms with Crippen molar-refractivity contribution in [3.05, 3.63) is 87.6 Å². The maximum Gasteiger partial charge on any atom is 0.269 e. The predicted molar refractivity (Wildman–Crippen MR) is 102 cm³/mol. The van der Waals surface area contributed by atoms with Crippen LogP contribution in [0.4, 0.5) is 5.69 Å². The van der Waals surface area contributed by atoms with Gasteiger partial charge in [-0.05, 0) is 17.5 Å². The van der Waals surface area contributed by atoms with E-state index in [9.17, 15) is 14.9 Å². The van der Waals surface area contributed by atoms with E-state index in [-0.39, 0.29) is 23.9 Å². The summed E-state index contributed by atoms with van der Waals surface area (Å²) in [6.45, 7) is 2.14. The Kier molecular flexibility index (Phi) is 6.11. The summed E-state index contributed by atoms with van der Waals surface area (Å²) in [6.07, 6.45) is 0.769. The van der Waals surface area contributed by atoms with Crippen molar-refractivity contribution in [2.75, 3.05) is 6.54 Å². The maximum absolute atomic E-state index is 12.5. The first kappa shape index (κ1) is 19.2. The number of non-ortho nitro benzene ring substituents is 1. The van der Waals surface area contributed by atoms with Crippen LogP contribution in [0.3, 0.4) is 0 Å². The molecule has 28 heavy (non-hydrogen) atoms. The number of nitrogens with one attached hydrogen (secondary N) is 1. The van der Waals surface area contributed by atoms with Gasteiger partial charge in [-0.3, -0.25) is 14.9 Å². The standard InChI is InChI=1S/C20H20N4O4/c1-14-22-23-20(28-14)18(16-5-3-2-4-6-16)13-19(25)21-12-11-15-7-9-17(10-8-15)24(26)27/h2-10,18H,11-13H2,1H3,(H,21,25). The van der Waals surface area contributed by atoms with Gasteiger partial charge in [0.2, 0.25) is 17.7 Å². The molecule has 0 spiro atoms. The Hall–Kier alpha value is -3.55. The highest BCUT2D eigenvalue weighted by molar-refractivity contribution is 5.77. The lowest BCUT2D eigenvalue weighted by Crippen LogP contribution is -2.27. The smallest absolute Gasteiger partial charge is 0.269 e. The highest BCUT2D eigenvalue weighted by atomic mass is 16.6. The van der Waals surface area contributed by atoms with Crippen LogP contribution in [-0.4, -0.2) is 27.6 Å². The van der Waals surface area contributed by atoms with Crippen LogP contribution in [0, 0.1) is 17.0 Å². The molecule has 3 rings (SSSR count). The molecule has 0 saturated heterocycles. The van der Waals surface area contributed by atoms with E-state index in [4.69, 9.17) is 4.42 Å². The fourth-order valence-corrected chi connectivity index (χ4v) is 2.87. The Morgan fingerprint density at radius 3 is 2.46 bits per heavy atom. The molecule has 8 nitrogen and oxygen atoms in total. The number of carbonyl (C=O) groups excluding carboxylic acids is 1. The van der Waals surface area contributed by atoms with Crippen molar-refractivity contribution in [3.63, 3.8) is 0 Å². The van der Waals surface area contributed by atoms with Gasteiger partial charge in [0.1, 0.15) is 0 Å². The van der Waals surface area contributed by atoms with Gasteiger partial charge in [0.25, 0.3) is 5.69 Å². The van der Waals surface area contributed by atoms with Gasteiger partial charge in [-0.1, -0.05) is 42.5 Å². The van der Waals surface area contributed by atoms with E-state index >= 15 is 0 Å². The Labute approximate surface area is 161 Å². The van der Waals surface area contributed by atoms with Crippen LogP contribution in [0.1, 0.15) is 35.2 Å². The van der Waals surface area contributed by atoms with Crippen molar-refractivity contribution >= 4 is 11.6 Å². The zero-order chi connectivity index (χ0) is 19.9. The van der Waals surface area contributed by atoms with E-state index in [2.05, 4.69) is 15.5 Å². The van der Waals surface area contributed by atoms with E-state index in [1.165, 1.54) is 12.1 Å². The summed E-state index contributed by atoms with van der Waals surface area (Å²) in [5, 5.41) is 21.5. The van der Waals surface area contributed by atoms with E-state index in [1.54, 1.807) is 19.1 Å². The highest BCUT2D eigenvalue weighted by Crippen LogP contribution is 2.26. The lowest BCUT2D eigenvalue weighted by Gasteiger charge is -2.13. The number of nitro groups is 1. The molecule has 2 aromatic carbocycles. The zero-order valence-electron chi connectivity index (χ0n) is 15.4. The topological polar surface area (TPSA) is 111 Å². The monoisotopic (exact) mass is 380 g/mol. The number of nitro benzene ring substituents is 1. The minimum absolute atomic E-state index is 0.0494. The molecule has 1 amide bonds. The molecule has 0 saturated carbocycles. The Morgan fingerprint density at radius 2 is 1.86 bits per heavy atom. The van der Waals surface area contributed by atoms with Crippen molar-refractivity contribution < 1.29 is 14.1 Å². The third kappa shape index (κ3) is 5.00. The molecule has 1 N–H and O–H groups in total. The predicted octanol–water partition coefficient (Wildman–Crippen LogP) is 3.17. The first-order chi connectivity index (χ1) is 13.5. The van der Waals surface area contributed by atoms with Crippen LogP contribution in [0.15, 0.2) is 59.0 Å². The van der Waals surface area contributed by atoms with Crippen molar-refractivity contribution in [1.29, 1.82) is 0 Å². The maximum atomic E-state index is 12.5. The molecule has 144 valence electrons. The molecule has 0 aliphatic carbocycles. The molecule has 0 radical (unpaired) electrons. The van der Waals surface area contributed by atoms with Crippen LogP contribution in [0.25, 0.3) is 0 Å². The fourth-order valence-electron chi connectivity index (χ4n) is 2.87. The van der Waals surface area contributed by atoms with Gasteiger partial charge in [0.15, 0.2) is 0 Å². The van der Waals surface area contributed by atoms with Gasteiger partial charge in [-0.2, -0.15) is 0 Å². The highest BCUT2D eigenvalue weighted by Gasteiger charge is 2.23. The number of amides is 1. The number of rotatable bonds is 8. The van der Waals surface area contributed by atoms with Gasteiger partial charge in [0.05, 0.1) is 10.8 Å². The molecule has 1 atom stereocenters. The van der Waals surface area contributed by atoms with Crippen molar-refractivity contribution in [2.24, 2.45) is 0 Å². The largest absolute Gasteiger partial charge is 0.425 e. The zero-order valence-corrected chi connectivity index (χ0v) is 15.4. The third-order valence-corrected chi connectivity index (χ3v) is 4.31. The minimum Gasteiger partial charge on any atom is -0.425 e. The molecular formula is C20H20N4O4. The second-order valence-electron chi connectivity index (χ2n) is 6.35. The quantitative estimate of drug-likeness (QED) is 0.475. The van der Waals surface area contributed by atoms with Gasteiger partial charge in [-0.25, -0.2) is 0 Å². The van der Waals surface area contributed by atoms with Crippen LogP contribution >= 0.6 is 0 Å². The molecular weight excluding hydrogens is 360 g/mol. The number of nitrogens with zero attached hydrogens (tertiary/aromatic N) is 3.